The molecule has 4 aromatic heterocycles. The molecule has 0 bridgehead atoms. The molecule has 0 unspecified atom stereocenters. The van der Waals surface area contributed by atoms with Gasteiger partial charge in [-0.05, 0) is 65.6 Å². The second-order valence-corrected chi connectivity index (χ2v) is 12.0. The van der Waals surface area contributed by atoms with E-state index in [2.05, 4.69) is 39.1 Å². The molecule has 6 aromatic rings. The van der Waals surface area contributed by atoms with Crippen molar-refractivity contribution < 1.29 is 0 Å². The highest BCUT2D eigenvalue weighted by atomic mass is 35.5. The molecule has 0 spiro atoms. The van der Waals surface area contributed by atoms with Gasteiger partial charge in [-0.3, -0.25) is 24.1 Å². The van der Waals surface area contributed by atoms with Crippen molar-refractivity contribution in [3.8, 4) is 44.8 Å². The largest absolute Gasteiger partial charge is 0.359 e. The van der Waals surface area contributed by atoms with Crippen LogP contribution in [0, 0.1) is 5.92 Å². The molecule has 0 aliphatic carbocycles. The molecule has 0 saturated heterocycles. The highest BCUT2D eigenvalue weighted by Crippen LogP contribution is 2.30. The van der Waals surface area contributed by atoms with Crippen molar-refractivity contribution in [3.05, 3.63) is 134 Å². The first kappa shape index (κ1) is 33.2. The van der Waals surface area contributed by atoms with Crippen LogP contribution < -0.4 is 16.4 Å². The van der Waals surface area contributed by atoms with E-state index in [1.54, 1.807) is 63.1 Å². The van der Waals surface area contributed by atoms with Crippen LogP contribution in [-0.2, 0) is 13.5 Å². The fraction of sp³-hybridized carbons (Fsp3) is 0.167. The molecule has 0 fully saturated rings. The van der Waals surface area contributed by atoms with Gasteiger partial charge in [0, 0.05) is 66.5 Å². The van der Waals surface area contributed by atoms with Crippen molar-refractivity contribution in [1.82, 2.24) is 29.5 Å². The molecule has 0 saturated carbocycles. The normalized spacial score (nSPS) is 10.8. The van der Waals surface area contributed by atoms with Gasteiger partial charge >= 0.3 is 0 Å². The highest BCUT2D eigenvalue weighted by Gasteiger charge is 2.18. The third-order valence-electron chi connectivity index (χ3n) is 7.26. The lowest BCUT2D eigenvalue weighted by Gasteiger charge is -2.14. The Kier molecular flexibility index (Phi) is 10.6. The van der Waals surface area contributed by atoms with E-state index in [9.17, 15) is 9.59 Å². The minimum absolute atomic E-state index is 0.126. The van der Waals surface area contributed by atoms with Crippen molar-refractivity contribution in [2.75, 3.05) is 12.4 Å². The Morgan fingerprint density at radius 1 is 0.702 bits per heavy atom. The molecule has 0 aliphatic rings. The Morgan fingerprint density at radius 2 is 1.17 bits per heavy atom. The molecule has 0 amide bonds. The monoisotopic (exact) mass is 665 g/mol. The molecule has 238 valence electrons. The molecule has 11 heteroatoms. The number of halogens is 2. The van der Waals surface area contributed by atoms with Crippen LogP contribution >= 0.6 is 23.2 Å². The number of hydrogen-bond donors (Lipinski definition) is 2. The van der Waals surface area contributed by atoms with Gasteiger partial charge in [0.2, 0.25) is 5.95 Å². The van der Waals surface area contributed by atoms with E-state index < -0.39 is 0 Å². The average molecular weight is 667 g/mol. The summed E-state index contributed by atoms with van der Waals surface area (Å²) in [5.41, 5.74) is 5.35. The van der Waals surface area contributed by atoms with Crippen LogP contribution in [0.25, 0.3) is 44.8 Å². The number of anilines is 1. The number of rotatable bonds is 7. The third-order valence-corrected chi connectivity index (χ3v) is 7.76. The summed E-state index contributed by atoms with van der Waals surface area (Å²) in [4.78, 5) is 45.9. The molecule has 0 aliphatic heterocycles. The number of benzene rings is 2. The Morgan fingerprint density at radius 3 is 1.64 bits per heavy atom. The number of nitrogens with one attached hydrogen (secondary N) is 2. The Hall–Kier alpha value is -5.12. The van der Waals surface area contributed by atoms with Gasteiger partial charge in [-0.1, -0.05) is 61.3 Å². The molecule has 0 atom stereocenters. The van der Waals surface area contributed by atoms with E-state index in [1.807, 2.05) is 48.5 Å². The zero-order valence-corrected chi connectivity index (χ0v) is 27.8. The fourth-order valence-corrected chi connectivity index (χ4v) is 5.28. The predicted octanol–water partition coefficient (Wildman–Crippen LogP) is 7.56. The third kappa shape index (κ3) is 7.82. The summed E-state index contributed by atoms with van der Waals surface area (Å²) in [6.07, 6.45) is 7.48. The number of nitrogens with zero attached hydrogens (tertiary/aromatic N) is 5. The first-order chi connectivity index (χ1) is 22.7. The van der Waals surface area contributed by atoms with Crippen LogP contribution in [0.15, 0.2) is 107 Å². The lowest BCUT2D eigenvalue weighted by Crippen LogP contribution is -2.24. The van der Waals surface area contributed by atoms with Gasteiger partial charge in [-0.15, -0.1) is 0 Å². The standard InChI is InChI=1S/C19H18ClN3O.C17H15ClN4O/c1-12(2)11-16-22-18(14-7-9-21-10-8-14)17(19(24)23-16)13-3-5-15(20)6-4-13;1-19-17-21-15(12-7-9-20-10-8-12)14(16(23)22(17)2)11-3-5-13(18)6-4-11/h3-10,12H,11H2,1-2H3,(H,22,23,24);3-10H,1-2H3,(H,19,21). The quantitative estimate of drug-likeness (QED) is 0.181. The average Bonchev–Trinajstić information content (AvgIpc) is 3.07. The van der Waals surface area contributed by atoms with E-state index in [1.165, 1.54) is 4.57 Å². The number of H-pyrrole nitrogens is 1. The van der Waals surface area contributed by atoms with E-state index in [-0.39, 0.29) is 11.1 Å². The number of aromatic amines is 1. The maximum absolute atomic E-state index is 12.9. The molecular formula is C36H33Cl2N7O2. The summed E-state index contributed by atoms with van der Waals surface area (Å²) >= 11 is 11.9. The topological polar surface area (TPSA) is 118 Å². The second kappa shape index (κ2) is 15.0. The van der Waals surface area contributed by atoms with Gasteiger partial charge in [0.05, 0.1) is 22.5 Å². The van der Waals surface area contributed by atoms with Crippen LogP contribution in [0.3, 0.4) is 0 Å². The lowest BCUT2D eigenvalue weighted by molar-refractivity contribution is 0.619. The van der Waals surface area contributed by atoms with Crippen LogP contribution in [-0.4, -0.2) is 36.5 Å². The molecule has 2 N–H and O–H groups in total. The van der Waals surface area contributed by atoms with E-state index in [4.69, 9.17) is 28.2 Å². The van der Waals surface area contributed by atoms with Crippen molar-refractivity contribution in [2.45, 2.75) is 20.3 Å². The van der Waals surface area contributed by atoms with Gasteiger partial charge in [0.25, 0.3) is 11.1 Å². The molecule has 2 aromatic carbocycles. The first-order valence-corrected chi connectivity index (χ1v) is 15.7. The zero-order valence-electron chi connectivity index (χ0n) is 26.3. The van der Waals surface area contributed by atoms with Gasteiger partial charge < -0.3 is 10.3 Å². The van der Waals surface area contributed by atoms with E-state index in [0.29, 0.717) is 56.7 Å². The molecule has 47 heavy (non-hydrogen) atoms. The summed E-state index contributed by atoms with van der Waals surface area (Å²) in [6.45, 7) is 4.19. The zero-order chi connectivity index (χ0) is 33.5. The predicted molar refractivity (Wildman–Crippen MR) is 190 cm³/mol. The first-order valence-electron chi connectivity index (χ1n) is 14.9. The van der Waals surface area contributed by atoms with Crippen molar-refractivity contribution in [3.63, 3.8) is 0 Å². The maximum Gasteiger partial charge on any atom is 0.263 e. The summed E-state index contributed by atoms with van der Waals surface area (Å²) in [6, 6.07) is 21.8. The molecule has 9 nitrogen and oxygen atoms in total. The maximum atomic E-state index is 12.9. The highest BCUT2D eigenvalue weighted by molar-refractivity contribution is 6.31. The number of aromatic nitrogens is 6. The summed E-state index contributed by atoms with van der Waals surface area (Å²) in [5.74, 6) is 1.60. The van der Waals surface area contributed by atoms with Gasteiger partial charge in [-0.2, -0.15) is 0 Å². The Bertz CT molecular complexity index is 2080. The molecular weight excluding hydrogens is 633 g/mol. The number of hydrogen-bond acceptors (Lipinski definition) is 7. The fourth-order valence-electron chi connectivity index (χ4n) is 5.03. The minimum atomic E-state index is -0.144. The van der Waals surface area contributed by atoms with E-state index >= 15 is 0 Å². The molecule has 4 heterocycles. The van der Waals surface area contributed by atoms with Crippen molar-refractivity contribution in [2.24, 2.45) is 13.0 Å². The van der Waals surface area contributed by atoms with Gasteiger partial charge in [-0.25, -0.2) is 9.97 Å². The second-order valence-electron chi connectivity index (χ2n) is 11.1. The Balaban J connectivity index is 0.000000185. The summed E-state index contributed by atoms with van der Waals surface area (Å²) in [7, 11) is 3.43. The smallest absolute Gasteiger partial charge is 0.263 e. The minimum Gasteiger partial charge on any atom is -0.359 e. The Labute approximate surface area is 282 Å². The SMILES string of the molecule is CC(C)Cc1nc(-c2ccncc2)c(-c2ccc(Cl)cc2)c(=O)[nH]1.CNc1nc(-c2ccncc2)c(-c2ccc(Cl)cc2)c(=O)n1C. The molecule has 0 radical (unpaired) electrons. The number of pyridine rings is 2. The molecule has 6 rings (SSSR count). The van der Waals surface area contributed by atoms with Crippen LogP contribution in [0.2, 0.25) is 10.0 Å². The summed E-state index contributed by atoms with van der Waals surface area (Å²) < 4.78 is 1.49. The van der Waals surface area contributed by atoms with Gasteiger partial charge in [0.1, 0.15) is 5.82 Å². The van der Waals surface area contributed by atoms with Crippen LogP contribution in [0.4, 0.5) is 5.95 Å². The van der Waals surface area contributed by atoms with Crippen molar-refractivity contribution >= 4 is 29.2 Å². The summed E-state index contributed by atoms with van der Waals surface area (Å²) in [5, 5.41) is 4.20. The van der Waals surface area contributed by atoms with Crippen LogP contribution in [0.1, 0.15) is 19.7 Å². The lowest BCUT2D eigenvalue weighted by atomic mass is 10.0. The van der Waals surface area contributed by atoms with Crippen LogP contribution in [0.5, 0.6) is 0 Å². The van der Waals surface area contributed by atoms with E-state index in [0.717, 1.165) is 22.3 Å². The van der Waals surface area contributed by atoms with Crippen molar-refractivity contribution in [1.29, 1.82) is 0 Å². The van der Waals surface area contributed by atoms with Gasteiger partial charge in [0.15, 0.2) is 0 Å².